The van der Waals surface area contributed by atoms with Crippen LogP contribution in [0.15, 0.2) is 109 Å². The number of hydrogen-bond acceptors (Lipinski definition) is 33. The van der Waals surface area contributed by atoms with E-state index in [4.69, 9.17) is 57.6 Å². The lowest BCUT2D eigenvalue weighted by molar-refractivity contribution is -0.158. The molecule has 6 aromatic rings. The van der Waals surface area contributed by atoms with E-state index in [0.717, 1.165) is 32.8 Å². The van der Waals surface area contributed by atoms with Crippen LogP contribution >= 0.6 is 22.6 Å². The molecule has 9 heterocycles. The van der Waals surface area contributed by atoms with E-state index in [2.05, 4.69) is 57.7 Å². The minimum Gasteiger partial charge on any atom is -0.455 e. The average molecular weight is 2170 g/mol. The SMILES string of the molecule is CC(C)OC(=O)OCI.CC(C)OC(=O)OCO[C@@H](C)[C@H]1/C=C/c2ccc3ccc(nc3c2)[C@@H](C)OC(=O)[C@@H]2CCCN(N2)C(=O)[C@H](C)NC(=O)[C@H](C(C)C)NC1=O.CC(C)OC(=O)OCO[C@@H](C)[C@H]1/C=C/c2ccc3ccc(nc3c2)[C@@H](C)OC(=O)[C@@H]2CCCN(N2)C(=O)[C@H](C)NC(=O)[C@H](C(C)C)NC1=O.CC(C)[C@@H]1NC(=O)[C@@H]([C@H](C)O)/C=C/c2ccc3ccc(nc3c2)[C@@H](C)OC(=O)[C@@H]2CCCN(N2)C(=O)[C@H](C)NC1=O. The van der Waals surface area contributed by atoms with Gasteiger partial charge >= 0.3 is 36.4 Å². The summed E-state index contributed by atoms with van der Waals surface area (Å²) in [7, 11) is 0. The molecule has 43 heteroatoms. The summed E-state index contributed by atoms with van der Waals surface area (Å²) in [4.78, 5) is 209. The normalized spacial score (nSPS) is 25.2. The third-order valence-electron chi connectivity index (χ3n) is 24.6. The second-order valence-electron chi connectivity index (χ2n) is 38.8. The van der Waals surface area contributed by atoms with Crippen LogP contribution in [-0.2, 0) is 110 Å². The maximum absolute atomic E-state index is 13.8. The Morgan fingerprint density at radius 1 is 0.378 bits per heavy atom. The van der Waals surface area contributed by atoms with Gasteiger partial charge in [-0.1, -0.05) is 133 Å². The van der Waals surface area contributed by atoms with Gasteiger partial charge in [0.25, 0.3) is 17.7 Å². The largest absolute Gasteiger partial charge is 0.510 e. The molecule has 0 aliphatic carbocycles. The van der Waals surface area contributed by atoms with Crippen LogP contribution in [0.1, 0.15) is 236 Å². The first-order valence-corrected chi connectivity index (χ1v) is 51.5. The van der Waals surface area contributed by atoms with Crippen LogP contribution in [0.4, 0.5) is 14.4 Å². The lowest BCUT2D eigenvalue weighted by Gasteiger charge is -2.35. The van der Waals surface area contributed by atoms with Crippen molar-refractivity contribution in [3.63, 3.8) is 0 Å². The van der Waals surface area contributed by atoms with E-state index in [0.29, 0.717) is 96.4 Å². The van der Waals surface area contributed by atoms with Gasteiger partial charge in [-0.3, -0.25) is 72.6 Å². The Balaban J connectivity index is 0.000000237. The van der Waals surface area contributed by atoms with E-state index in [1.807, 2.05) is 95.4 Å². The standard InChI is InChI=1S/2C35H47N5O9.C30H39N5O6.C5H9IO3/c2*1-19(2)30-32(42)36-21(5)33(43)40-16-8-9-28(39-40)34(44)49-23(7)27-15-13-25-12-10-24(17-29(25)37-27)11-14-26(31(41)38-30)22(6)46-18-47-35(45)48-20(3)4;1-16(2)26-28(38)31-17(3)29(39)35-14-6-7-24(34-35)30(40)41-19(5)23-13-11-21-10-8-20(15-25(21)32-23)9-12-22(18(4)36)27(37)33-26;1-4(2)9-5(7)8-3-6/h2*10-15,17,19-23,26,28,30,39H,8-9,16,18H2,1-7H3,(H,36,42)(H,38,41);8-13,15-19,22,24,26,34,36H,6-7,14H2,1-5H3,(H,31,38)(H,33,37);4H,3H2,1-2H3/b2*14-11+;12-9+;/t2*21-,22-,23+,26+,28-,30-;17-,18-,19+,22+,24-,26-;/m000./s1. The molecule has 6 aliphatic heterocycles. The average Bonchev–Trinajstić information content (AvgIpc) is 1.08. The zero-order valence-electron chi connectivity index (χ0n) is 87.6. The van der Waals surface area contributed by atoms with Gasteiger partial charge in [-0.2, -0.15) is 0 Å². The molecule has 3 aromatic heterocycles. The number of hydrogen-bond donors (Lipinski definition) is 10. The molecule has 148 heavy (non-hydrogen) atoms. The molecular formula is C105H142IN15O27. The van der Waals surface area contributed by atoms with Gasteiger partial charge in [0.2, 0.25) is 35.4 Å². The van der Waals surface area contributed by atoms with Crippen LogP contribution in [0.5, 0.6) is 0 Å². The number of amides is 9. The van der Waals surface area contributed by atoms with E-state index in [1.54, 1.807) is 193 Å². The van der Waals surface area contributed by atoms with Gasteiger partial charge in [0.1, 0.15) is 77.3 Å². The van der Waals surface area contributed by atoms with Crippen LogP contribution < -0.4 is 48.2 Å². The number of aliphatic hydroxyl groups is 1. The molecule has 0 unspecified atom stereocenters. The number of nitrogens with zero attached hydrogens (tertiary/aromatic N) is 6. The van der Waals surface area contributed by atoms with Crippen molar-refractivity contribution in [3.05, 3.63) is 143 Å². The number of carbonyl (C=O) groups is 15. The van der Waals surface area contributed by atoms with E-state index < -0.39 is 212 Å². The minimum absolute atomic E-state index is 0.0968. The third-order valence-corrected chi connectivity index (χ3v) is 24.9. The molecule has 3 fully saturated rings. The Kier molecular flexibility index (Phi) is 45.2. The fourth-order valence-corrected chi connectivity index (χ4v) is 16.5. The van der Waals surface area contributed by atoms with E-state index >= 15 is 0 Å². The van der Waals surface area contributed by atoms with Crippen LogP contribution in [0, 0.1) is 35.5 Å². The van der Waals surface area contributed by atoms with Crippen LogP contribution in [0.25, 0.3) is 50.9 Å². The van der Waals surface area contributed by atoms with E-state index in [-0.39, 0.29) is 36.1 Å². The smallest absolute Gasteiger partial charge is 0.455 e. The van der Waals surface area contributed by atoms with Gasteiger partial charge < -0.3 is 89.1 Å². The van der Waals surface area contributed by atoms with Crippen molar-refractivity contribution in [1.82, 2.24) is 78.2 Å². The van der Waals surface area contributed by atoms with Crippen molar-refractivity contribution in [2.24, 2.45) is 35.5 Å². The molecule has 806 valence electrons. The van der Waals surface area contributed by atoms with E-state index in [9.17, 15) is 77.0 Å². The fourth-order valence-electron chi connectivity index (χ4n) is 16.2. The Morgan fingerprint density at radius 2 is 0.649 bits per heavy atom. The first-order chi connectivity index (χ1) is 70.1. The number of alkyl halides is 1. The highest BCUT2D eigenvalue weighted by molar-refractivity contribution is 14.1. The summed E-state index contributed by atoms with van der Waals surface area (Å²) in [6.07, 6.45) is 5.30. The molecule has 15 bridgehead atoms. The zero-order valence-corrected chi connectivity index (χ0v) is 89.7. The van der Waals surface area contributed by atoms with Gasteiger partial charge in [-0.15, -0.1) is 0 Å². The highest BCUT2D eigenvalue weighted by Crippen LogP contribution is 2.30. The van der Waals surface area contributed by atoms with Crippen molar-refractivity contribution in [3.8, 4) is 0 Å². The number of halogens is 1. The van der Waals surface area contributed by atoms with Gasteiger partial charge in [0, 0.05) is 35.8 Å². The van der Waals surface area contributed by atoms with Crippen LogP contribution in [0.3, 0.4) is 0 Å². The van der Waals surface area contributed by atoms with Gasteiger partial charge in [0.05, 0.1) is 88.0 Å². The molecule has 6 aliphatic rings. The lowest BCUT2D eigenvalue weighted by atomic mass is 9.97. The first-order valence-electron chi connectivity index (χ1n) is 50.0. The second-order valence-corrected chi connectivity index (χ2v) is 39.4. The van der Waals surface area contributed by atoms with Crippen LogP contribution in [0.2, 0.25) is 0 Å². The lowest BCUT2D eigenvalue weighted by Crippen LogP contribution is -2.61. The molecule has 0 spiro atoms. The molecule has 18 atom stereocenters. The number of carbonyl (C=O) groups excluding carboxylic acids is 15. The van der Waals surface area contributed by atoms with Gasteiger partial charge in [0.15, 0.2) is 13.6 Å². The molecule has 0 radical (unpaired) electrons. The molecule has 12 rings (SSSR count). The Labute approximate surface area is 874 Å². The number of rotatable bonds is 16. The number of aliphatic hydroxyl groups excluding tert-OH is 1. The Morgan fingerprint density at radius 3 is 0.919 bits per heavy atom. The minimum atomic E-state index is -1.02. The van der Waals surface area contributed by atoms with Crippen molar-refractivity contribution >= 4 is 163 Å². The molecule has 10 N–H and O–H groups in total. The predicted octanol–water partition coefficient (Wildman–Crippen LogP) is 11.0. The topological polar surface area (TPSA) is 534 Å². The number of nitrogens with one attached hydrogen (secondary N) is 9. The monoisotopic (exact) mass is 2170 g/mol. The summed E-state index contributed by atoms with van der Waals surface area (Å²) >= 11 is 1.93. The summed E-state index contributed by atoms with van der Waals surface area (Å²) in [5, 5.41) is 33.5. The number of fused-ring (bicyclic) bond motifs is 12. The Hall–Kier alpha value is -13.0. The van der Waals surface area contributed by atoms with Crippen LogP contribution in [-0.4, -0.2) is 253 Å². The van der Waals surface area contributed by atoms with Crippen molar-refractivity contribution in [1.29, 1.82) is 0 Å². The quantitative estimate of drug-likeness (QED) is 0.0141. The fraction of sp³-hybridized carbons (Fsp3) is 0.543. The molecule has 3 saturated heterocycles. The number of esters is 3. The molecular weight excluding hydrogens is 2030 g/mol. The van der Waals surface area contributed by atoms with Gasteiger partial charge in [-0.05, 0) is 236 Å². The van der Waals surface area contributed by atoms with Gasteiger partial charge in [-0.25, -0.2) is 45.6 Å². The summed E-state index contributed by atoms with van der Waals surface area (Å²) in [5.74, 6) is -9.79. The summed E-state index contributed by atoms with van der Waals surface area (Å²) in [6.45, 7) is 35.7. The summed E-state index contributed by atoms with van der Waals surface area (Å²) < 4.78 is 58.1. The number of ether oxygens (including phenoxy) is 11. The summed E-state index contributed by atoms with van der Waals surface area (Å²) in [5.41, 5.74) is 14.7. The van der Waals surface area contributed by atoms with Crippen molar-refractivity contribution in [2.75, 3.05) is 37.8 Å². The van der Waals surface area contributed by atoms with Crippen molar-refractivity contribution in [2.45, 2.75) is 293 Å². The molecule has 0 saturated carbocycles. The maximum Gasteiger partial charge on any atom is 0.510 e. The Bertz CT molecular complexity index is 5530. The first kappa shape index (κ1) is 119. The number of benzene rings is 3. The number of hydrazine groups is 3. The number of cyclic esters (lactones) is 3. The number of aromatic nitrogens is 3. The highest BCUT2D eigenvalue weighted by Gasteiger charge is 2.41. The zero-order chi connectivity index (χ0) is 109. The molecule has 9 amide bonds. The highest BCUT2D eigenvalue weighted by atomic mass is 127. The van der Waals surface area contributed by atoms with E-state index in [1.165, 1.54) is 22.0 Å². The second kappa shape index (κ2) is 56.4. The third kappa shape index (κ3) is 35.1. The van der Waals surface area contributed by atoms with Crippen molar-refractivity contribution < 1.29 is 129 Å². The summed E-state index contributed by atoms with van der Waals surface area (Å²) in [6, 6.07) is 19.8. The number of pyridine rings is 3. The maximum atomic E-state index is 13.8. The predicted molar refractivity (Wildman–Crippen MR) is 553 cm³/mol. The molecule has 3 aromatic carbocycles. The molecule has 42 nitrogen and oxygen atoms in total.